The van der Waals surface area contributed by atoms with Crippen molar-refractivity contribution in [3.8, 4) is 17.1 Å². The van der Waals surface area contributed by atoms with Crippen molar-refractivity contribution in [3.63, 3.8) is 0 Å². The van der Waals surface area contributed by atoms with Crippen LogP contribution in [0.25, 0.3) is 22.2 Å². The van der Waals surface area contributed by atoms with Crippen molar-refractivity contribution >= 4 is 16.8 Å². The van der Waals surface area contributed by atoms with Crippen LogP contribution in [-0.2, 0) is 17.4 Å². The Kier molecular flexibility index (Phi) is 4.59. The van der Waals surface area contributed by atoms with Crippen LogP contribution in [0.3, 0.4) is 0 Å². The van der Waals surface area contributed by atoms with Crippen molar-refractivity contribution in [2.75, 3.05) is 6.54 Å². The predicted molar refractivity (Wildman–Crippen MR) is 111 cm³/mol. The highest BCUT2D eigenvalue weighted by molar-refractivity contribution is 5.89. The number of carbonyl (C=O) groups is 1. The van der Waals surface area contributed by atoms with Gasteiger partial charge in [0.15, 0.2) is 0 Å². The molecule has 3 aromatic heterocycles. The topological polar surface area (TPSA) is 86.9 Å². The van der Waals surface area contributed by atoms with E-state index in [1.165, 1.54) is 0 Å². The number of amides is 1. The van der Waals surface area contributed by atoms with Gasteiger partial charge in [-0.3, -0.25) is 14.2 Å². The second-order valence-electron chi connectivity index (χ2n) is 8.85. The first kappa shape index (κ1) is 19.4. The van der Waals surface area contributed by atoms with Gasteiger partial charge >= 0.3 is 0 Å². The number of ether oxygens (including phenoxy) is 1. The van der Waals surface area contributed by atoms with Crippen molar-refractivity contribution in [1.29, 1.82) is 0 Å². The van der Waals surface area contributed by atoms with E-state index in [2.05, 4.69) is 36.3 Å². The Morgan fingerprint density at radius 1 is 1.34 bits per heavy atom. The third-order valence-electron chi connectivity index (χ3n) is 5.61. The molecule has 1 saturated heterocycles. The number of aromatic nitrogens is 5. The summed E-state index contributed by atoms with van der Waals surface area (Å²) in [7, 11) is 1.92. The molecular formula is C21H28N6O2. The van der Waals surface area contributed by atoms with E-state index in [-0.39, 0.29) is 23.5 Å². The molecule has 29 heavy (non-hydrogen) atoms. The van der Waals surface area contributed by atoms with Crippen molar-refractivity contribution in [3.05, 3.63) is 24.2 Å². The summed E-state index contributed by atoms with van der Waals surface area (Å²) in [5, 5.41) is 12.9. The summed E-state index contributed by atoms with van der Waals surface area (Å²) in [6, 6.07) is 1.98. The monoisotopic (exact) mass is 396 g/mol. The van der Waals surface area contributed by atoms with Crippen molar-refractivity contribution in [1.82, 2.24) is 29.9 Å². The molecule has 1 aliphatic rings. The Balaban J connectivity index is 1.75. The molecule has 0 spiro atoms. The fourth-order valence-corrected chi connectivity index (χ4v) is 3.61. The molecule has 1 N–H and O–H groups in total. The van der Waals surface area contributed by atoms with E-state index in [4.69, 9.17) is 9.72 Å². The Morgan fingerprint density at radius 2 is 2.10 bits per heavy atom. The van der Waals surface area contributed by atoms with Crippen LogP contribution in [0.1, 0.15) is 39.8 Å². The van der Waals surface area contributed by atoms with Gasteiger partial charge in [0.25, 0.3) is 0 Å². The molecule has 0 saturated carbocycles. The molecule has 0 aromatic carbocycles. The van der Waals surface area contributed by atoms with Gasteiger partial charge in [0, 0.05) is 43.4 Å². The van der Waals surface area contributed by atoms with E-state index in [0.29, 0.717) is 18.8 Å². The molecule has 1 fully saturated rings. The third-order valence-corrected chi connectivity index (χ3v) is 5.61. The van der Waals surface area contributed by atoms with Gasteiger partial charge in [-0.15, -0.1) is 0 Å². The fraction of sp³-hybridized carbons (Fsp3) is 0.524. The van der Waals surface area contributed by atoms with E-state index in [9.17, 15) is 4.79 Å². The molecule has 8 heteroatoms. The molecule has 1 aliphatic heterocycles. The van der Waals surface area contributed by atoms with E-state index >= 15 is 0 Å². The van der Waals surface area contributed by atoms with Crippen molar-refractivity contribution in [2.24, 2.45) is 13.0 Å². The second kappa shape index (κ2) is 6.86. The van der Waals surface area contributed by atoms with Crippen LogP contribution in [-0.4, -0.2) is 43.1 Å². The van der Waals surface area contributed by atoms with Crippen molar-refractivity contribution in [2.45, 2.75) is 52.7 Å². The van der Waals surface area contributed by atoms with Gasteiger partial charge in [-0.05, 0) is 40.7 Å². The van der Waals surface area contributed by atoms with Gasteiger partial charge in [0.1, 0.15) is 11.6 Å². The molecule has 2 atom stereocenters. The number of pyridine rings is 1. The highest BCUT2D eigenvalue weighted by Gasteiger charge is 2.29. The van der Waals surface area contributed by atoms with Crippen LogP contribution in [0.15, 0.2) is 18.5 Å². The standard InChI is InChI=1S/C21H28N6O2/c1-12-19-17(25-26(12)6)8-16(15-10-23-27(11-15)21(3,4)5)24-20(19)29-13(2)14-7-18(28)22-9-14/h8,10-11,13-14H,7,9H2,1-6H3,(H,22,28)/t13-,14?/m1/s1. The molecular weight excluding hydrogens is 368 g/mol. The zero-order chi connectivity index (χ0) is 20.9. The average Bonchev–Trinajstić information content (AvgIpc) is 3.34. The maximum absolute atomic E-state index is 11.6. The number of nitrogens with zero attached hydrogens (tertiary/aromatic N) is 5. The number of nitrogens with one attached hydrogen (secondary N) is 1. The van der Waals surface area contributed by atoms with Crippen LogP contribution in [0.4, 0.5) is 0 Å². The summed E-state index contributed by atoms with van der Waals surface area (Å²) < 4.78 is 10.1. The van der Waals surface area contributed by atoms with Gasteiger partial charge in [0.2, 0.25) is 11.8 Å². The number of fused-ring (bicyclic) bond motifs is 1. The summed E-state index contributed by atoms with van der Waals surface area (Å²) in [5.74, 6) is 0.756. The predicted octanol–water partition coefficient (Wildman–Crippen LogP) is 2.80. The van der Waals surface area contributed by atoms with E-state index in [1.807, 2.05) is 48.7 Å². The van der Waals surface area contributed by atoms with Crippen LogP contribution in [0.5, 0.6) is 5.88 Å². The van der Waals surface area contributed by atoms with Crippen LogP contribution < -0.4 is 10.1 Å². The number of carbonyl (C=O) groups excluding carboxylic acids is 1. The first-order valence-corrected chi connectivity index (χ1v) is 9.96. The molecule has 8 nitrogen and oxygen atoms in total. The molecule has 1 amide bonds. The van der Waals surface area contributed by atoms with Crippen LogP contribution >= 0.6 is 0 Å². The zero-order valence-corrected chi connectivity index (χ0v) is 17.9. The maximum atomic E-state index is 11.6. The molecule has 0 radical (unpaired) electrons. The minimum absolute atomic E-state index is 0.0736. The highest BCUT2D eigenvalue weighted by atomic mass is 16.5. The van der Waals surface area contributed by atoms with Gasteiger partial charge in [-0.25, -0.2) is 4.98 Å². The maximum Gasteiger partial charge on any atom is 0.225 e. The molecule has 1 unspecified atom stereocenters. The van der Waals surface area contributed by atoms with Gasteiger partial charge < -0.3 is 10.1 Å². The van der Waals surface area contributed by atoms with Crippen molar-refractivity contribution < 1.29 is 9.53 Å². The molecule has 4 rings (SSSR count). The number of aryl methyl sites for hydroxylation is 2. The number of hydrogen-bond acceptors (Lipinski definition) is 5. The lowest BCUT2D eigenvalue weighted by Crippen LogP contribution is -2.26. The van der Waals surface area contributed by atoms with Gasteiger partial charge in [-0.1, -0.05) is 0 Å². The Bertz CT molecular complexity index is 1070. The largest absolute Gasteiger partial charge is 0.474 e. The lowest BCUT2D eigenvalue weighted by atomic mass is 10.0. The summed E-state index contributed by atoms with van der Waals surface area (Å²) in [4.78, 5) is 16.4. The molecule has 4 heterocycles. The van der Waals surface area contributed by atoms with E-state index in [0.717, 1.165) is 27.9 Å². The number of rotatable bonds is 4. The van der Waals surface area contributed by atoms with Gasteiger partial charge in [0.05, 0.1) is 22.8 Å². The molecule has 0 bridgehead atoms. The Hall–Kier alpha value is -2.90. The van der Waals surface area contributed by atoms with Gasteiger partial charge in [-0.2, -0.15) is 10.2 Å². The lowest BCUT2D eigenvalue weighted by Gasteiger charge is -2.20. The normalized spacial score (nSPS) is 18.3. The minimum atomic E-state index is -0.142. The molecule has 154 valence electrons. The van der Waals surface area contributed by atoms with E-state index in [1.54, 1.807) is 0 Å². The average molecular weight is 396 g/mol. The third kappa shape index (κ3) is 3.59. The SMILES string of the molecule is Cc1c2c(O[C@H](C)C3CNC(=O)C3)nc(-c3cnn(C(C)(C)C)c3)cc2nn1C. The zero-order valence-electron chi connectivity index (χ0n) is 17.9. The first-order chi connectivity index (χ1) is 13.6. The first-order valence-electron chi connectivity index (χ1n) is 9.96. The molecule has 3 aromatic rings. The van der Waals surface area contributed by atoms with Crippen LogP contribution in [0, 0.1) is 12.8 Å². The Labute approximate surface area is 170 Å². The summed E-state index contributed by atoms with van der Waals surface area (Å²) in [5.41, 5.74) is 3.41. The smallest absolute Gasteiger partial charge is 0.225 e. The quantitative estimate of drug-likeness (QED) is 0.733. The van der Waals surface area contributed by atoms with E-state index < -0.39 is 0 Å². The lowest BCUT2D eigenvalue weighted by molar-refractivity contribution is -0.119. The minimum Gasteiger partial charge on any atom is -0.474 e. The summed E-state index contributed by atoms with van der Waals surface area (Å²) >= 11 is 0. The summed E-state index contributed by atoms with van der Waals surface area (Å²) in [6.45, 7) is 11.0. The number of hydrogen-bond donors (Lipinski definition) is 1. The van der Waals surface area contributed by atoms with Crippen LogP contribution in [0.2, 0.25) is 0 Å². The fourth-order valence-electron chi connectivity index (χ4n) is 3.61. The second-order valence-corrected chi connectivity index (χ2v) is 8.85. The molecule has 0 aliphatic carbocycles. The highest BCUT2D eigenvalue weighted by Crippen LogP contribution is 2.33. The summed E-state index contributed by atoms with van der Waals surface area (Å²) in [6.07, 6.45) is 4.16. The Morgan fingerprint density at radius 3 is 2.72 bits per heavy atom.